The first kappa shape index (κ1) is 11.6. The lowest BCUT2D eigenvalue weighted by Gasteiger charge is -2.14. The lowest BCUT2D eigenvalue weighted by atomic mass is 10.3. The number of carbonyl (C=O) groups is 1. The number of rotatable bonds is 0. The Morgan fingerprint density at radius 2 is 1.25 bits per heavy atom. The van der Waals surface area contributed by atoms with E-state index < -0.39 is 13.4 Å². The standard InChI is InChI=1S/C5Br2Cl4O/c6-4(10)1(8)2(9)5(7,11)3(4)12/t4-,5-/m1/s1. The van der Waals surface area contributed by atoms with Crippen molar-refractivity contribution in [1.82, 2.24) is 0 Å². The summed E-state index contributed by atoms with van der Waals surface area (Å²) in [6.07, 6.45) is 0. The van der Waals surface area contributed by atoms with Gasteiger partial charge in [-0.05, 0) is 0 Å². The summed E-state index contributed by atoms with van der Waals surface area (Å²) in [5, 5.41) is -0.0228. The van der Waals surface area contributed by atoms with Crippen LogP contribution in [-0.4, -0.2) is 13.4 Å². The zero-order valence-corrected chi connectivity index (χ0v) is 11.4. The monoisotopic (exact) mass is 374 g/mol. The van der Waals surface area contributed by atoms with Gasteiger partial charge in [-0.15, -0.1) is 0 Å². The van der Waals surface area contributed by atoms with Crippen LogP contribution in [0.25, 0.3) is 0 Å². The van der Waals surface area contributed by atoms with Crippen LogP contribution in [0.15, 0.2) is 10.1 Å². The molecule has 0 aromatic carbocycles. The molecule has 2 atom stereocenters. The largest absolute Gasteiger partial charge is 0.293 e. The van der Waals surface area contributed by atoms with E-state index >= 15 is 0 Å². The summed E-state index contributed by atoms with van der Waals surface area (Å²) in [6.45, 7) is 0. The average Bonchev–Trinajstić information content (AvgIpc) is 2.06. The lowest BCUT2D eigenvalue weighted by molar-refractivity contribution is -0.117. The Kier molecular flexibility index (Phi) is 3.17. The number of alkyl halides is 4. The van der Waals surface area contributed by atoms with Crippen molar-refractivity contribution in [3.8, 4) is 0 Å². The van der Waals surface area contributed by atoms with Gasteiger partial charge in [-0.3, -0.25) is 4.79 Å². The summed E-state index contributed by atoms with van der Waals surface area (Å²) in [5.74, 6) is -0.548. The molecular formula is C5Br2Cl4O. The molecule has 0 amide bonds. The number of hydrogen-bond donors (Lipinski definition) is 0. The van der Waals surface area contributed by atoms with Crippen molar-refractivity contribution in [1.29, 1.82) is 0 Å². The molecule has 7 heteroatoms. The van der Waals surface area contributed by atoms with E-state index in [1.807, 2.05) is 0 Å². The molecule has 0 spiro atoms. The van der Waals surface area contributed by atoms with Crippen LogP contribution in [0.5, 0.6) is 0 Å². The van der Waals surface area contributed by atoms with E-state index in [0.717, 1.165) is 0 Å². The molecule has 0 unspecified atom stereocenters. The van der Waals surface area contributed by atoms with E-state index in [9.17, 15) is 4.79 Å². The van der Waals surface area contributed by atoms with Gasteiger partial charge < -0.3 is 0 Å². The summed E-state index contributed by atoms with van der Waals surface area (Å²) >= 11 is 28.6. The Labute approximate surface area is 106 Å². The van der Waals surface area contributed by atoms with Crippen LogP contribution in [0.3, 0.4) is 0 Å². The summed E-state index contributed by atoms with van der Waals surface area (Å²) < 4.78 is -3.01. The molecule has 0 aromatic heterocycles. The van der Waals surface area contributed by atoms with Crippen LogP contribution in [0.1, 0.15) is 0 Å². The van der Waals surface area contributed by atoms with Gasteiger partial charge in [-0.2, -0.15) is 0 Å². The molecule has 1 aliphatic carbocycles. The lowest BCUT2D eigenvalue weighted by Crippen LogP contribution is -2.31. The number of Topliss-reactive ketones (excluding diaryl/α,β-unsaturated/α-hetero) is 1. The van der Waals surface area contributed by atoms with Gasteiger partial charge in [0.2, 0.25) is 5.78 Å². The highest BCUT2D eigenvalue weighted by molar-refractivity contribution is 9.12. The quantitative estimate of drug-likeness (QED) is 0.585. The van der Waals surface area contributed by atoms with Crippen molar-refractivity contribution in [3.05, 3.63) is 10.1 Å². The molecule has 0 aliphatic heterocycles. The van der Waals surface area contributed by atoms with E-state index in [-0.39, 0.29) is 10.1 Å². The maximum Gasteiger partial charge on any atom is 0.207 e. The minimum atomic E-state index is -1.50. The Morgan fingerprint density at radius 1 is 1.00 bits per heavy atom. The molecule has 0 N–H and O–H groups in total. The molecular weight excluding hydrogens is 378 g/mol. The first-order valence-electron chi connectivity index (χ1n) is 2.59. The molecule has 0 fully saturated rings. The Balaban J connectivity index is 3.31. The van der Waals surface area contributed by atoms with Gasteiger partial charge in [0.25, 0.3) is 0 Å². The zero-order chi connectivity index (χ0) is 9.73. The molecule has 0 bridgehead atoms. The van der Waals surface area contributed by atoms with Gasteiger partial charge in [0.05, 0.1) is 10.1 Å². The number of halogens is 6. The fourth-order valence-corrected chi connectivity index (χ4v) is 3.46. The van der Waals surface area contributed by atoms with E-state index in [1.165, 1.54) is 0 Å². The van der Waals surface area contributed by atoms with Crippen LogP contribution in [0.4, 0.5) is 0 Å². The third-order valence-corrected chi connectivity index (χ3v) is 5.24. The predicted molar refractivity (Wildman–Crippen MR) is 58.8 cm³/mol. The first-order chi connectivity index (χ1) is 5.22. The average molecular weight is 378 g/mol. The maximum absolute atomic E-state index is 11.4. The molecule has 12 heavy (non-hydrogen) atoms. The summed E-state index contributed by atoms with van der Waals surface area (Å²) in [7, 11) is 0. The number of ketones is 1. The fraction of sp³-hybridized carbons (Fsp3) is 0.400. The molecule has 0 aromatic rings. The van der Waals surface area contributed by atoms with Gasteiger partial charge in [0.1, 0.15) is 0 Å². The Morgan fingerprint density at radius 3 is 1.33 bits per heavy atom. The minimum absolute atomic E-state index is 0.0114. The first-order valence-corrected chi connectivity index (χ1v) is 5.69. The van der Waals surface area contributed by atoms with Crippen molar-refractivity contribution in [2.24, 2.45) is 0 Å². The molecule has 68 valence electrons. The molecule has 1 rings (SSSR count). The van der Waals surface area contributed by atoms with Crippen LogP contribution < -0.4 is 0 Å². The van der Waals surface area contributed by atoms with Crippen molar-refractivity contribution >= 4 is 84.0 Å². The Hall–Kier alpha value is 1.53. The van der Waals surface area contributed by atoms with Gasteiger partial charge in [0, 0.05) is 0 Å². The topological polar surface area (TPSA) is 17.1 Å². The second kappa shape index (κ2) is 3.28. The molecule has 0 radical (unpaired) electrons. The van der Waals surface area contributed by atoms with Crippen molar-refractivity contribution in [3.63, 3.8) is 0 Å². The van der Waals surface area contributed by atoms with E-state index in [1.54, 1.807) is 0 Å². The summed E-state index contributed by atoms with van der Waals surface area (Å²) in [4.78, 5) is 11.4. The normalized spacial score (nSPS) is 42.7. The van der Waals surface area contributed by atoms with Crippen molar-refractivity contribution < 1.29 is 4.79 Å². The smallest absolute Gasteiger partial charge is 0.207 e. The highest BCUT2D eigenvalue weighted by Gasteiger charge is 2.58. The van der Waals surface area contributed by atoms with Gasteiger partial charge in [-0.1, -0.05) is 78.3 Å². The summed E-state index contributed by atoms with van der Waals surface area (Å²) in [6, 6.07) is 0. The molecule has 1 aliphatic rings. The highest BCUT2D eigenvalue weighted by atomic mass is 79.9. The maximum atomic E-state index is 11.4. The molecule has 0 saturated carbocycles. The van der Waals surface area contributed by atoms with Crippen LogP contribution in [0, 0.1) is 0 Å². The van der Waals surface area contributed by atoms with Crippen LogP contribution in [0.2, 0.25) is 0 Å². The third kappa shape index (κ3) is 1.47. The zero-order valence-electron chi connectivity index (χ0n) is 5.18. The second-order valence-corrected chi connectivity index (χ2v) is 7.29. The van der Waals surface area contributed by atoms with Gasteiger partial charge in [-0.25, -0.2) is 0 Å². The van der Waals surface area contributed by atoms with Gasteiger partial charge in [0.15, 0.2) is 7.57 Å². The molecule has 1 nitrogen and oxygen atoms in total. The highest BCUT2D eigenvalue weighted by Crippen LogP contribution is 2.56. The minimum Gasteiger partial charge on any atom is -0.293 e. The van der Waals surface area contributed by atoms with Crippen LogP contribution in [-0.2, 0) is 4.79 Å². The van der Waals surface area contributed by atoms with E-state index in [2.05, 4.69) is 31.9 Å². The number of carbonyl (C=O) groups excluding carboxylic acids is 1. The third-order valence-electron chi connectivity index (χ3n) is 1.31. The summed E-state index contributed by atoms with van der Waals surface area (Å²) in [5.41, 5.74) is 0. The van der Waals surface area contributed by atoms with Crippen molar-refractivity contribution in [2.75, 3.05) is 0 Å². The fourth-order valence-electron chi connectivity index (χ4n) is 0.672. The Bertz CT molecular complexity index is 257. The molecule has 0 heterocycles. The second-order valence-electron chi connectivity index (χ2n) is 2.11. The molecule has 0 saturated heterocycles. The van der Waals surface area contributed by atoms with E-state index in [4.69, 9.17) is 46.4 Å². The van der Waals surface area contributed by atoms with E-state index in [0.29, 0.717) is 0 Å². The van der Waals surface area contributed by atoms with Crippen molar-refractivity contribution in [2.45, 2.75) is 7.57 Å². The predicted octanol–water partition coefficient (Wildman–Crippen LogP) is 3.92. The SMILES string of the molecule is O=C1[C@@](Cl)(Br)C(Cl)=C(Cl)[C@]1(Cl)Br. The van der Waals surface area contributed by atoms with Crippen LogP contribution >= 0.6 is 78.3 Å². The number of allylic oxidation sites excluding steroid dienone is 2. The number of hydrogen-bond acceptors (Lipinski definition) is 1. The van der Waals surface area contributed by atoms with Gasteiger partial charge >= 0.3 is 0 Å².